The predicted octanol–water partition coefficient (Wildman–Crippen LogP) is 1.72. The molecule has 0 bridgehead atoms. The second kappa shape index (κ2) is 3.88. The van der Waals surface area contributed by atoms with Gasteiger partial charge < -0.3 is 5.32 Å². The van der Waals surface area contributed by atoms with E-state index in [0.29, 0.717) is 5.92 Å². The summed E-state index contributed by atoms with van der Waals surface area (Å²) >= 11 is 0. The van der Waals surface area contributed by atoms with Gasteiger partial charge in [0.1, 0.15) is 0 Å². The molecule has 0 saturated heterocycles. The fraction of sp³-hybridized carbons (Fsp3) is 0.545. The standard InChI is InChI=1S/C11H16N2/c1-2-12-8-10-6-5-9-4-3-7-13-11(9)10/h3-4,7,10,12H,2,5-6,8H2,1H3. The van der Waals surface area contributed by atoms with Crippen molar-refractivity contribution in [3.05, 3.63) is 29.6 Å². The number of fused-ring (bicyclic) bond motifs is 1. The van der Waals surface area contributed by atoms with Gasteiger partial charge in [0.05, 0.1) is 0 Å². The SMILES string of the molecule is CCNCC1CCc2cccnc21. The van der Waals surface area contributed by atoms with Gasteiger partial charge in [-0.15, -0.1) is 0 Å². The predicted molar refractivity (Wildman–Crippen MR) is 53.8 cm³/mol. The number of hydrogen-bond acceptors (Lipinski definition) is 2. The van der Waals surface area contributed by atoms with Gasteiger partial charge in [-0.3, -0.25) is 4.98 Å². The van der Waals surface area contributed by atoms with Crippen molar-refractivity contribution < 1.29 is 0 Å². The Kier molecular flexibility index (Phi) is 2.60. The van der Waals surface area contributed by atoms with E-state index in [1.807, 2.05) is 12.3 Å². The van der Waals surface area contributed by atoms with Crippen LogP contribution in [0, 0.1) is 0 Å². The number of aromatic nitrogens is 1. The van der Waals surface area contributed by atoms with Gasteiger partial charge >= 0.3 is 0 Å². The first kappa shape index (κ1) is 8.70. The normalized spacial score (nSPS) is 20.2. The molecule has 1 atom stereocenters. The van der Waals surface area contributed by atoms with E-state index in [2.05, 4.69) is 23.3 Å². The maximum atomic E-state index is 4.45. The van der Waals surface area contributed by atoms with Gasteiger partial charge in [0.2, 0.25) is 0 Å². The third-order valence-electron chi connectivity index (χ3n) is 2.72. The molecule has 1 aliphatic rings. The van der Waals surface area contributed by atoms with Gasteiger partial charge in [0, 0.05) is 24.4 Å². The van der Waals surface area contributed by atoms with Crippen LogP contribution in [-0.4, -0.2) is 18.1 Å². The summed E-state index contributed by atoms with van der Waals surface area (Å²) in [7, 11) is 0. The van der Waals surface area contributed by atoms with Crippen LogP contribution in [0.1, 0.15) is 30.5 Å². The fourth-order valence-corrected chi connectivity index (χ4v) is 2.01. The number of likely N-dealkylation sites (N-methyl/N-ethyl adjacent to an activating group) is 1. The molecule has 1 unspecified atom stereocenters. The fourth-order valence-electron chi connectivity index (χ4n) is 2.01. The first-order valence-corrected chi connectivity index (χ1v) is 5.06. The average Bonchev–Trinajstić information content (AvgIpc) is 2.58. The molecular weight excluding hydrogens is 160 g/mol. The Bertz CT molecular complexity index is 283. The molecule has 0 radical (unpaired) electrons. The van der Waals surface area contributed by atoms with Gasteiger partial charge in [-0.25, -0.2) is 0 Å². The van der Waals surface area contributed by atoms with Crippen molar-refractivity contribution in [1.82, 2.24) is 10.3 Å². The summed E-state index contributed by atoms with van der Waals surface area (Å²) in [5, 5.41) is 3.39. The van der Waals surface area contributed by atoms with E-state index < -0.39 is 0 Å². The van der Waals surface area contributed by atoms with E-state index in [-0.39, 0.29) is 0 Å². The van der Waals surface area contributed by atoms with Crippen LogP contribution in [0.25, 0.3) is 0 Å². The highest BCUT2D eigenvalue weighted by Crippen LogP contribution is 2.30. The minimum absolute atomic E-state index is 0.649. The van der Waals surface area contributed by atoms with E-state index in [9.17, 15) is 0 Å². The van der Waals surface area contributed by atoms with Crippen LogP contribution in [-0.2, 0) is 6.42 Å². The number of nitrogens with one attached hydrogen (secondary N) is 1. The Morgan fingerprint density at radius 3 is 3.38 bits per heavy atom. The zero-order valence-corrected chi connectivity index (χ0v) is 8.09. The first-order valence-electron chi connectivity index (χ1n) is 5.06. The maximum absolute atomic E-state index is 4.45. The summed E-state index contributed by atoms with van der Waals surface area (Å²) in [6, 6.07) is 4.24. The number of rotatable bonds is 3. The third-order valence-corrected chi connectivity index (χ3v) is 2.72. The summed E-state index contributed by atoms with van der Waals surface area (Å²) in [5.74, 6) is 0.649. The lowest BCUT2D eigenvalue weighted by atomic mass is 10.1. The van der Waals surface area contributed by atoms with Gasteiger partial charge in [0.15, 0.2) is 0 Å². The van der Waals surface area contributed by atoms with E-state index >= 15 is 0 Å². The number of aryl methyl sites for hydroxylation is 1. The smallest absolute Gasteiger partial charge is 0.0479 e. The van der Waals surface area contributed by atoms with Gasteiger partial charge in [-0.2, -0.15) is 0 Å². The van der Waals surface area contributed by atoms with E-state index in [0.717, 1.165) is 13.1 Å². The van der Waals surface area contributed by atoms with Crippen molar-refractivity contribution in [3.63, 3.8) is 0 Å². The third kappa shape index (κ3) is 1.73. The lowest BCUT2D eigenvalue weighted by Gasteiger charge is -2.09. The molecular formula is C11H16N2. The van der Waals surface area contributed by atoms with Crippen LogP contribution in [0.15, 0.2) is 18.3 Å². The second-order valence-electron chi connectivity index (χ2n) is 3.59. The Balaban J connectivity index is 2.09. The number of nitrogens with zero attached hydrogens (tertiary/aromatic N) is 1. The van der Waals surface area contributed by atoms with Crippen molar-refractivity contribution in [2.45, 2.75) is 25.7 Å². The highest BCUT2D eigenvalue weighted by Gasteiger charge is 2.22. The van der Waals surface area contributed by atoms with Crippen LogP contribution in [0.2, 0.25) is 0 Å². The molecule has 2 heteroatoms. The van der Waals surface area contributed by atoms with Crippen molar-refractivity contribution in [3.8, 4) is 0 Å². The lowest BCUT2D eigenvalue weighted by Crippen LogP contribution is -2.20. The molecule has 2 nitrogen and oxygen atoms in total. The van der Waals surface area contributed by atoms with E-state index in [1.165, 1.54) is 24.1 Å². The molecule has 1 aromatic rings. The monoisotopic (exact) mass is 176 g/mol. The van der Waals surface area contributed by atoms with Crippen LogP contribution < -0.4 is 5.32 Å². The molecule has 0 aliphatic heterocycles. The minimum atomic E-state index is 0.649. The summed E-state index contributed by atoms with van der Waals surface area (Å²) in [4.78, 5) is 4.45. The Morgan fingerprint density at radius 2 is 2.54 bits per heavy atom. The van der Waals surface area contributed by atoms with Gasteiger partial charge in [-0.1, -0.05) is 13.0 Å². The second-order valence-corrected chi connectivity index (χ2v) is 3.59. The van der Waals surface area contributed by atoms with Gasteiger partial charge in [-0.05, 0) is 31.0 Å². The largest absolute Gasteiger partial charge is 0.316 e. The molecule has 70 valence electrons. The van der Waals surface area contributed by atoms with Crippen molar-refractivity contribution in [1.29, 1.82) is 0 Å². The Hall–Kier alpha value is -0.890. The number of hydrogen-bond donors (Lipinski definition) is 1. The van der Waals surface area contributed by atoms with Gasteiger partial charge in [0.25, 0.3) is 0 Å². The van der Waals surface area contributed by atoms with E-state index in [4.69, 9.17) is 0 Å². The molecule has 1 N–H and O–H groups in total. The topological polar surface area (TPSA) is 24.9 Å². The molecule has 1 aliphatic carbocycles. The highest BCUT2D eigenvalue weighted by molar-refractivity contribution is 5.28. The highest BCUT2D eigenvalue weighted by atomic mass is 14.9. The Labute approximate surface area is 79.4 Å². The zero-order valence-electron chi connectivity index (χ0n) is 8.09. The molecule has 0 aromatic carbocycles. The quantitative estimate of drug-likeness (QED) is 0.758. The molecule has 1 heterocycles. The summed E-state index contributed by atoms with van der Waals surface area (Å²) in [6.07, 6.45) is 4.38. The van der Waals surface area contributed by atoms with Crippen molar-refractivity contribution >= 4 is 0 Å². The van der Waals surface area contributed by atoms with E-state index in [1.54, 1.807) is 0 Å². The van der Waals surface area contributed by atoms with Crippen molar-refractivity contribution in [2.24, 2.45) is 0 Å². The molecule has 13 heavy (non-hydrogen) atoms. The molecule has 0 fully saturated rings. The molecule has 0 amide bonds. The molecule has 0 spiro atoms. The minimum Gasteiger partial charge on any atom is -0.316 e. The Morgan fingerprint density at radius 1 is 1.62 bits per heavy atom. The zero-order chi connectivity index (χ0) is 9.10. The molecule has 1 aromatic heterocycles. The summed E-state index contributed by atoms with van der Waals surface area (Å²) < 4.78 is 0. The van der Waals surface area contributed by atoms with Crippen LogP contribution >= 0.6 is 0 Å². The maximum Gasteiger partial charge on any atom is 0.0479 e. The van der Waals surface area contributed by atoms with Crippen LogP contribution in [0.3, 0.4) is 0 Å². The van der Waals surface area contributed by atoms with Crippen molar-refractivity contribution in [2.75, 3.05) is 13.1 Å². The average molecular weight is 176 g/mol. The summed E-state index contributed by atoms with van der Waals surface area (Å²) in [5.41, 5.74) is 2.77. The molecule has 2 rings (SSSR count). The summed E-state index contributed by atoms with van der Waals surface area (Å²) in [6.45, 7) is 4.29. The van der Waals surface area contributed by atoms with Crippen LogP contribution in [0.5, 0.6) is 0 Å². The molecule has 0 saturated carbocycles. The lowest BCUT2D eigenvalue weighted by molar-refractivity contribution is 0.585. The number of pyridine rings is 1. The first-order chi connectivity index (χ1) is 6.42. The van der Waals surface area contributed by atoms with Crippen LogP contribution in [0.4, 0.5) is 0 Å².